The third-order valence-electron chi connectivity index (χ3n) is 4.36. The van der Waals surface area contributed by atoms with E-state index in [0.717, 1.165) is 22.8 Å². The van der Waals surface area contributed by atoms with Gasteiger partial charge in [0, 0.05) is 12.8 Å². The smallest absolute Gasteiger partial charge is 0.225 e. The van der Waals surface area contributed by atoms with Crippen LogP contribution in [0.1, 0.15) is 35.3 Å². The first kappa shape index (κ1) is 19.2. The van der Waals surface area contributed by atoms with Crippen LogP contribution < -0.4 is 5.14 Å². The first-order valence-corrected chi connectivity index (χ1v) is 10.1. The second-order valence-corrected chi connectivity index (χ2v) is 8.04. The lowest BCUT2D eigenvalue weighted by Gasteiger charge is -2.10. The summed E-state index contributed by atoms with van der Waals surface area (Å²) in [5, 5.41) is 9.46. The summed E-state index contributed by atoms with van der Waals surface area (Å²) in [6.45, 7) is 5.94. The molecule has 3 rings (SSSR count). The SMILES string of the molecule is CCc1nc(Cc2cc(C)ccc2C)n(-c2ccc(S(N)(=O)=O)cc2F)n1. The van der Waals surface area contributed by atoms with Crippen LogP contribution in [0.15, 0.2) is 41.3 Å². The third-order valence-corrected chi connectivity index (χ3v) is 5.27. The van der Waals surface area contributed by atoms with Gasteiger partial charge in [-0.25, -0.2) is 27.6 Å². The lowest BCUT2D eigenvalue weighted by Crippen LogP contribution is -2.13. The molecule has 2 aromatic carbocycles. The first-order valence-electron chi connectivity index (χ1n) is 8.52. The maximum absolute atomic E-state index is 14.6. The molecule has 0 spiro atoms. The second-order valence-electron chi connectivity index (χ2n) is 6.47. The number of benzene rings is 2. The molecule has 6 nitrogen and oxygen atoms in total. The number of aromatic nitrogens is 3. The molecular formula is C19H21FN4O2S. The number of nitrogens with two attached hydrogens (primary N) is 1. The molecule has 0 radical (unpaired) electrons. The van der Waals surface area contributed by atoms with Gasteiger partial charge in [0.05, 0.1) is 4.90 Å². The van der Waals surface area contributed by atoms with Crippen molar-refractivity contribution in [3.8, 4) is 5.69 Å². The van der Waals surface area contributed by atoms with E-state index in [-0.39, 0.29) is 10.6 Å². The number of primary sulfonamides is 1. The molecule has 0 amide bonds. The van der Waals surface area contributed by atoms with Gasteiger partial charge in [-0.2, -0.15) is 5.10 Å². The highest BCUT2D eigenvalue weighted by Gasteiger charge is 2.18. The van der Waals surface area contributed by atoms with Gasteiger partial charge >= 0.3 is 0 Å². The van der Waals surface area contributed by atoms with Crippen molar-refractivity contribution < 1.29 is 12.8 Å². The molecule has 3 aromatic rings. The van der Waals surface area contributed by atoms with E-state index in [4.69, 9.17) is 5.14 Å². The Morgan fingerprint density at radius 3 is 2.52 bits per heavy atom. The van der Waals surface area contributed by atoms with Crippen LogP contribution >= 0.6 is 0 Å². The summed E-state index contributed by atoms with van der Waals surface area (Å²) in [6, 6.07) is 9.67. The highest BCUT2D eigenvalue weighted by Crippen LogP contribution is 2.21. The Kier molecular flexibility index (Phi) is 5.12. The number of aryl methyl sites for hydroxylation is 3. The molecule has 1 aromatic heterocycles. The van der Waals surface area contributed by atoms with Crippen molar-refractivity contribution in [3.05, 3.63) is 70.6 Å². The minimum Gasteiger partial charge on any atom is -0.225 e. The molecule has 2 N–H and O–H groups in total. The van der Waals surface area contributed by atoms with E-state index in [1.165, 1.54) is 16.8 Å². The Bertz CT molecular complexity index is 1110. The molecule has 27 heavy (non-hydrogen) atoms. The van der Waals surface area contributed by atoms with Gasteiger partial charge in [-0.3, -0.25) is 0 Å². The molecule has 1 heterocycles. The largest absolute Gasteiger partial charge is 0.238 e. The Morgan fingerprint density at radius 1 is 1.15 bits per heavy atom. The number of nitrogens with zero attached hydrogens (tertiary/aromatic N) is 3. The molecule has 0 saturated carbocycles. The Hall–Kier alpha value is -2.58. The molecule has 0 saturated heterocycles. The van der Waals surface area contributed by atoms with Gasteiger partial charge in [0.15, 0.2) is 5.82 Å². The van der Waals surface area contributed by atoms with E-state index >= 15 is 0 Å². The van der Waals surface area contributed by atoms with E-state index in [0.29, 0.717) is 24.5 Å². The predicted octanol–water partition coefficient (Wildman–Crippen LogP) is 2.82. The van der Waals surface area contributed by atoms with Crippen LogP contribution in [0.25, 0.3) is 5.69 Å². The van der Waals surface area contributed by atoms with Gasteiger partial charge in [-0.05, 0) is 43.2 Å². The summed E-state index contributed by atoms with van der Waals surface area (Å²) in [6.07, 6.45) is 1.08. The normalized spacial score (nSPS) is 11.7. The number of rotatable bonds is 5. The Balaban J connectivity index is 2.09. The summed E-state index contributed by atoms with van der Waals surface area (Å²) in [7, 11) is -3.98. The number of sulfonamides is 1. The zero-order valence-corrected chi connectivity index (χ0v) is 16.2. The lowest BCUT2D eigenvalue weighted by molar-refractivity contribution is 0.586. The van der Waals surface area contributed by atoms with E-state index in [1.54, 1.807) is 0 Å². The fourth-order valence-corrected chi connectivity index (χ4v) is 3.37. The van der Waals surface area contributed by atoms with E-state index < -0.39 is 15.8 Å². The highest BCUT2D eigenvalue weighted by atomic mass is 32.2. The van der Waals surface area contributed by atoms with Crippen molar-refractivity contribution in [2.75, 3.05) is 0 Å². The Labute approximate surface area is 157 Å². The maximum Gasteiger partial charge on any atom is 0.238 e. The van der Waals surface area contributed by atoms with E-state index in [1.807, 2.05) is 32.9 Å². The minimum absolute atomic E-state index is 0.134. The van der Waals surface area contributed by atoms with Crippen molar-refractivity contribution in [1.29, 1.82) is 0 Å². The van der Waals surface area contributed by atoms with Crippen LogP contribution in [0.4, 0.5) is 4.39 Å². The summed E-state index contributed by atoms with van der Waals surface area (Å²) in [4.78, 5) is 4.24. The molecule has 0 fully saturated rings. The van der Waals surface area contributed by atoms with Gasteiger partial charge < -0.3 is 0 Å². The van der Waals surface area contributed by atoms with Crippen molar-refractivity contribution >= 4 is 10.0 Å². The number of halogens is 1. The summed E-state index contributed by atoms with van der Waals surface area (Å²) in [5.74, 6) is 0.448. The summed E-state index contributed by atoms with van der Waals surface area (Å²) < 4.78 is 38.9. The average molecular weight is 388 g/mol. The molecule has 142 valence electrons. The number of hydrogen-bond acceptors (Lipinski definition) is 4. The zero-order valence-electron chi connectivity index (χ0n) is 15.4. The lowest BCUT2D eigenvalue weighted by atomic mass is 10.0. The third kappa shape index (κ3) is 4.06. The predicted molar refractivity (Wildman–Crippen MR) is 101 cm³/mol. The maximum atomic E-state index is 14.6. The van der Waals surface area contributed by atoms with Crippen LogP contribution in [0.3, 0.4) is 0 Å². The van der Waals surface area contributed by atoms with Crippen molar-refractivity contribution in [3.63, 3.8) is 0 Å². The molecule has 0 aliphatic heterocycles. The molecule has 0 atom stereocenters. The summed E-state index contributed by atoms with van der Waals surface area (Å²) >= 11 is 0. The minimum atomic E-state index is -3.98. The molecular weight excluding hydrogens is 367 g/mol. The van der Waals surface area contributed by atoms with Crippen LogP contribution in [0.5, 0.6) is 0 Å². The monoisotopic (exact) mass is 388 g/mol. The number of hydrogen-bond donors (Lipinski definition) is 1. The van der Waals surface area contributed by atoms with Crippen LogP contribution in [0.2, 0.25) is 0 Å². The fraction of sp³-hybridized carbons (Fsp3) is 0.263. The zero-order chi connectivity index (χ0) is 19.8. The van der Waals surface area contributed by atoms with E-state index in [9.17, 15) is 12.8 Å². The highest BCUT2D eigenvalue weighted by molar-refractivity contribution is 7.89. The van der Waals surface area contributed by atoms with Crippen LogP contribution in [-0.4, -0.2) is 23.2 Å². The van der Waals surface area contributed by atoms with Gasteiger partial charge in [-0.15, -0.1) is 0 Å². The topological polar surface area (TPSA) is 90.9 Å². The van der Waals surface area contributed by atoms with Crippen LogP contribution in [-0.2, 0) is 22.9 Å². The van der Waals surface area contributed by atoms with Gasteiger partial charge in [0.1, 0.15) is 17.3 Å². The van der Waals surface area contributed by atoms with Gasteiger partial charge in [0.25, 0.3) is 0 Å². The van der Waals surface area contributed by atoms with Crippen molar-refractivity contribution in [2.24, 2.45) is 5.14 Å². The molecule has 0 aliphatic rings. The fourth-order valence-electron chi connectivity index (χ4n) is 2.85. The first-order chi connectivity index (χ1) is 12.7. The van der Waals surface area contributed by atoms with Crippen molar-refractivity contribution in [2.45, 2.75) is 38.5 Å². The van der Waals surface area contributed by atoms with E-state index in [2.05, 4.69) is 16.1 Å². The summed E-state index contributed by atoms with van der Waals surface area (Å²) in [5.41, 5.74) is 3.45. The quantitative estimate of drug-likeness (QED) is 0.728. The second kappa shape index (κ2) is 7.21. The van der Waals surface area contributed by atoms with Gasteiger partial charge in [-0.1, -0.05) is 30.7 Å². The standard InChI is InChI=1S/C19H21FN4O2S/c1-4-18-22-19(10-14-9-12(2)5-6-13(14)3)24(23-18)17-8-7-15(11-16(17)20)27(21,25)26/h5-9,11H,4,10H2,1-3H3,(H2,21,25,26). The molecule has 0 aliphatic carbocycles. The molecule has 0 bridgehead atoms. The Morgan fingerprint density at radius 2 is 1.89 bits per heavy atom. The average Bonchev–Trinajstić information content (AvgIpc) is 3.00. The van der Waals surface area contributed by atoms with Crippen LogP contribution in [0, 0.1) is 19.7 Å². The van der Waals surface area contributed by atoms with Gasteiger partial charge in [0.2, 0.25) is 10.0 Å². The molecule has 0 unspecified atom stereocenters. The molecule has 8 heteroatoms. The van der Waals surface area contributed by atoms with Crippen molar-refractivity contribution in [1.82, 2.24) is 14.8 Å².